The molecule has 0 aliphatic heterocycles. The third-order valence-electron chi connectivity index (χ3n) is 2.73. The van der Waals surface area contributed by atoms with Crippen LogP contribution in [0.25, 0.3) is 0 Å². The largest absolute Gasteiger partial charge is 0.439 e. The molecule has 1 heterocycles. The van der Waals surface area contributed by atoms with Crippen LogP contribution < -0.4 is 10.1 Å². The fourth-order valence-electron chi connectivity index (χ4n) is 1.74. The van der Waals surface area contributed by atoms with Crippen molar-refractivity contribution in [3.8, 4) is 11.6 Å². The molecule has 0 aliphatic carbocycles. The van der Waals surface area contributed by atoms with Gasteiger partial charge in [-0.05, 0) is 53.3 Å². The van der Waals surface area contributed by atoms with Crippen LogP contribution in [0.2, 0.25) is 0 Å². The van der Waals surface area contributed by atoms with Crippen molar-refractivity contribution in [1.82, 2.24) is 10.3 Å². The molecule has 0 unspecified atom stereocenters. The Morgan fingerprint density at radius 2 is 1.95 bits per heavy atom. The molecule has 2 aromatic rings. The van der Waals surface area contributed by atoms with Crippen molar-refractivity contribution in [2.24, 2.45) is 0 Å². The highest BCUT2D eigenvalue weighted by atomic mass is 79.9. The Bertz CT molecular complexity index is 730. The highest BCUT2D eigenvalue weighted by Crippen LogP contribution is 2.26. The van der Waals surface area contributed by atoms with E-state index in [1.54, 1.807) is 18.3 Å². The van der Waals surface area contributed by atoms with E-state index in [9.17, 15) is 8.42 Å². The standard InChI is InChI=1S/C14H15BrN2O3S/c1-16-8-10-7-11(15)9-17-14(10)20-12-3-5-13(6-4-12)21(2,18)19/h3-7,9,16H,8H2,1-2H3. The van der Waals surface area contributed by atoms with Gasteiger partial charge in [0.1, 0.15) is 5.75 Å². The predicted molar refractivity (Wildman–Crippen MR) is 84.3 cm³/mol. The maximum atomic E-state index is 11.4. The summed E-state index contributed by atoms with van der Waals surface area (Å²) < 4.78 is 29.4. The Kier molecular flexibility index (Phi) is 4.97. The molecular formula is C14H15BrN2O3S. The smallest absolute Gasteiger partial charge is 0.223 e. The normalized spacial score (nSPS) is 11.4. The van der Waals surface area contributed by atoms with Crippen LogP contribution in [0.5, 0.6) is 11.6 Å². The van der Waals surface area contributed by atoms with Gasteiger partial charge in [0.05, 0.1) is 4.90 Å². The molecule has 0 amide bonds. The highest BCUT2D eigenvalue weighted by Gasteiger charge is 2.09. The summed E-state index contributed by atoms with van der Waals surface area (Å²) in [6, 6.07) is 8.18. The lowest BCUT2D eigenvalue weighted by atomic mass is 10.2. The summed E-state index contributed by atoms with van der Waals surface area (Å²) in [6.07, 6.45) is 2.82. The molecule has 0 spiro atoms. The number of nitrogens with zero attached hydrogens (tertiary/aromatic N) is 1. The van der Waals surface area contributed by atoms with Gasteiger partial charge < -0.3 is 10.1 Å². The molecule has 0 saturated carbocycles. The van der Waals surface area contributed by atoms with E-state index >= 15 is 0 Å². The SMILES string of the molecule is CNCc1cc(Br)cnc1Oc1ccc(S(C)(=O)=O)cc1. The first-order valence-corrected chi connectivity index (χ1v) is 8.85. The number of benzene rings is 1. The van der Waals surface area contributed by atoms with Crippen LogP contribution in [0, 0.1) is 0 Å². The van der Waals surface area contributed by atoms with E-state index in [0.717, 1.165) is 10.0 Å². The number of hydrogen-bond acceptors (Lipinski definition) is 5. The zero-order valence-corrected chi connectivity index (χ0v) is 14.0. The monoisotopic (exact) mass is 370 g/mol. The van der Waals surface area contributed by atoms with Crippen molar-refractivity contribution in [3.63, 3.8) is 0 Å². The molecule has 5 nitrogen and oxygen atoms in total. The van der Waals surface area contributed by atoms with Crippen molar-refractivity contribution in [2.45, 2.75) is 11.4 Å². The van der Waals surface area contributed by atoms with Gasteiger partial charge in [0.15, 0.2) is 9.84 Å². The Hall–Kier alpha value is -1.44. The van der Waals surface area contributed by atoms with Gasteiger partial charge in [-0.25, -0.2) is 13.4 Å². The van der Waals surface area contributed by atoms with Gasteiger partial charge in [0.25, 0.3) is 0 Å². The third kappa shape index (κ3) is 4.26. The summed E-state index contributed by atoms with van der Waals surface area (Å²) >= 11 is 3.37. The lowest BCUT2D eigenvalue weighted by Crippen LogP contribution is -2.07. The van der Waals surface area contributed by atoms with E-state index in [4.69, 9.17) is 4.74 Å². The van der Waals surface area contributed by atoms with E-state index in [-0.39, 0.29) is 4.90 Å². The molecule has 112 valence electrons. The van der Waals surface area contributed by atoms with Gasteiger partial charge in [0, 0.05) is 29.0 Å². The molecule has 2 rings (SSSR count). The fourth-order valence-corrected chi connectivity index (χ4v) is 2.75. The van der Waals surface area contributed by atoms with Crippen LogP contribution >= 0.6 is 15.9 Å². The molecule has 21 heavy (non-hydrogen) atoms. The molecule has 7 heteroatoms. The number of pyridine rings is 1. The summed E-state index contributed by atoms with van der Waals surface area (Å²) in [5.41, 5.74) is 0.902. The van der Waals surface area contributed by atoms with E-state index < -0.39 is 9.84 Å². The van der Waals surface area contributed by atoms with Crippen molar-refractivity contribution in [3.05, 3.63) is 46.6 Å². The average molecular weight is 371 g/mol. The summed E-state index contributed by atoms with van der Waals surface area (Å²) in [6.45, 7) is 0.614. The number of halogens is 1. The molecule has 1 aromatic carbocycles. The number of ether oxygens (including phenoxy) is 1. The molecule has 0 fully saturated rings. The number of nitrogens with one attached hydrogen (secondary N) is 1. The topological polar surface area (TPSA) is 68.3 Å². The van der Waals surface area contributed by atoms with Crippen LogP contribution in [0.1, 0.15) is 5.56 Å². The van der Waals surface area contributed by atoms with Crippen LogP contribution in [-0.4, -0.2) is 26.7 Å². The molecular weight excluding hydrogens is 356 g/mol. The maximum Gasteiger partial charge on any atom is 0.223 e. The van der Waals surface area contributed by atoms with Crippen molar-refractivity contribution >= 4 is 25.8 Å². The minimum atomic E-state index is -3.20. The summed E-state index contributed by atoms with van der Waals surface area (Å²) in [5.74, 6) is 1.02. The molecule has 0 radical (unpaired) electrons. The molecule has 0 bridgehead atoms. The first-order chi connectivity index (χ1) is 9.90. The zero-order valence-electron chi connectivity index (χ0n) is 11.6. The third-order valence-corrected chi connectivity index (χ3v) is 4.29. The summed E-state index contributed by atoms with van der Waals surface area (Å²) in [7, 11) is -1.36. The Balaban J connectivity index is 2.26. The number of hydrogen-bond donors (Lipinski definition) is 1. The summed E-state index contributed by atoms with van der Waals surface area (Å²) in [4.78, 5) is 4.49. The minimum absolute atomic E-state index is 0.258. The fraction of sp³-hybridized carbons (Fsp3) is 0.214. The molecule has 1 aromatic heterocycles. The quantitative estimate of drug-likeness (QED) is 0.876. The first kappa shape index (κ1) is 15.9. The van der Waals surface area contributed by atoms with Crippen molar-refractivity contribution in [2.75, 3.05) is 13.3 Å². The molecule has 0 aliphatic rings. The molecule has 0 atom stereocenters. The van der Waals surface area contributed by atoms with Crippen LogP contribution in [0.4, 0.5) is 0 Å². The number of rotatable bonds is 5. The number of sulfone groups is 1. The van der Waals surface area contributed by atoms with Gasteiger partial charge >= 0.3 is 0 Å². The van der Waals surface area contributed by atoms with Gasteiger partial charge in [-0.3, -0.25) is 0 Å². The second kappa shape index (κ2) is 6.55. The second-order valence-corrected chi connectivity index (χ2v) is 7.43. The first-order valence-electron chi connectivity index (χ1n) is 6.17. The lowest BCUT2D eigenvalue weighted by Gasteiger charge is -2.10. The van der Waals surface area contributed by atoms with Crippen LogP contribution in [0.3, 0.4) is 0 Å². The number of aromatic nitrogens is 1. The average Bonchev–Trinajstić information content (AvgIpc) is 2.42. The van der Waals surface area contributed by atoms with Gasteiger partial charge in [-0.2, -0.15) is 0 Å². The minimum Gasteiger partial charge on any atom is -0.439 e. The van der Waals surface area contributed by atoms with Crippen LogP contribution in [-0.2, 0) is 16.4 Å². The van der Waals surface area contributed by atoms with Gasteiger partial charge in [0.2, 0.25) is 5.88 Å². The van der Waals surface area contributed by atoms with E-state index in [0.29, 0.717) is 18.2 Å². The van der Waals surface area contributed by atoms with Crippen LogP contribution in [0.15, 0.2) is 45.9 Å². The second-order valence-electron chi connectivity index (χ2n) is 4.49. The van der Waals surface area contributed by atoms with Crippen molar-refractivity contribution in [1.29, 1.82) is 0 Å². The van der Waals surface area contributed by atoms with E-state index in [1.807, 2.05) is 13.1 Å². The zero-order chi connectivity index (χ0) is 15.5. The molecule has 0 saturated heterocycles. The van der Waals surface area contributed by atoms with Gasteiger partial charge in [-0.15, -0.1) is 0 Å². The predicted octanol–water partition coefficient (Wildman–Crippen LogP) is 2.76. The highest BCUT2D eigenvalue weighted by molar-refractivity contribution is 9.10. The van der Waals surface area contributed by atoms with E-state index in [2.05, 4.69) is 26.2 Å². The van der Waals surface area contributed by atoms with E-state index in [1.165, 1.54) is 18.4 Å². The van der Waals surface area contributed by atoms with Crippen molar-refractivity contribution < 1.29 is 13.2 Å². The Morgan fingerprint density at radius 3 is 2.52 bits per heavy atom. The van der Waals surface area contributed by atoms with Gasteiger partial charge in [-0.1, -0.05) is 0 Å². The lowest BCUT2D eigenvalue weighted by molar-refractivity contribution is 0.453. The maximum absolute atomic E-state index is 11.4. The summed E-state index contributed by atoms with van der Waals surface area (Å²) in [5, 5.41) is 3.05. The Morgan fingerprint density at radius 1 is 1.29 bits per heavy atom. The Labute approximate surface area is 132 Å². The molecule has 1 N–H and O–H groups in total.